The zero-order valence-corrected chi connectivity index (χ0v) is 9.47. The Balaban J connectivity index is 2.63. The molecule has 0 fully saturated rings. The van der Waals surface area contributed by atoms with Crippen LogP contribution in [0.5, 0.6) is 0 Å². The molecule has 0 saturated heterocycles. The van der Waals surface area contributed by atoms with Gasteiger partial charge < -0.3 is 5.73 Å². The molecular formula is C10H6ClNS2. The molecule has 0 unspecified atom stereocenters. The number of nitrogen functional groups attached to an aromatic ring is 1. The number of thiophene rings is 2. The number of anilines is 1. The van der Waals surface area contributed by atoms with Gasteiger partial charge in [-0.15, -0.1) is 22.7 Å². The highest BCUT2D eigenvalue weighted by molar-refractivity contribution is 7.29. The second-order valence-electron chi connectivity index (χ2n) is 3.06. The summed E-state index contributed by atoms with van der Waals surface area (Å²) in [6.07, 6.45) is 0. The molecule has 3 aromatic rings. The Morgan fingerprint density at radius 3 is 2.86 bits per heavy atom. The maximum Gasteiger partial charge on any atom is 0.106 e. The first-order valence-electron chi connectivity index (χ1n) is 4.11. The summed E-state index contributed by atoms with van der Waals surface area (Å²) in [5.74, 6) is 0. The van der Waals surface area contributed by atoms with Crippen molar-refractivity contribution in [3.8, 4) is 0 Å². The first-order valence-corrected chi connectivity index (χ1v) is 6.18. The highest BCUT2D eigenvalue weighted by Crippen LogP contribution is 2.42. The van der Waals surface area contributed by atoms with Gasteiger partial charge in [-0.1, -0.05) is 23.7 Å². The lowest BCUT2D eigenvalue weighted by Crippen LogP contribution is -1.76. The van der Waals surface area contributed by atoms with Crippen molar-refractivity contribution in [1.82, 2.24) is 0 Å². The fraction of sp³-hybridized carbons (Fsp3) is 0. The Labute approximate surface area is 93.7 Å². The monoisotopic (exact) mass is 239 g/mol. The van der Waals surface area contributed by atoms with Crippen LogP contribution in [0, 0.1) is 0 Å². The Morgan fingerprint density at radius 2 is 2.00 bits per heavy atom. The summed E-state index contributed by atoms with van der Waals surface area (Å²) >= 11 is 9.40. The van der Waals surface area contributed by atoms with Gasteiger partial charge in [0.15, 0.2) is 0 Å². The number of rotatable bonds is 0. The highest BCUT2D eigenvalue weighted by atomic mass is 35.5. The standard InChI is InChI=1S/C10H6ClNS2/c11-7-6-2-1-5-3-4-13-8(5)9(6)14-10(7)12/h1-4H,12H2. The van der Waals surface area contributed by atoms with Crippen LogP contribution in [0.4, 0.5) is 5.00 Å². The van der Waals surface area contributed by atoms with Crippen molar-refractivity contribution < 1.29 is 0 Å². The third kappa shape index (κ3) is 1.00. The van der Waals surface area contributed by atoms with Crippen molar-refractivity contribution in [1.29, 1.82) is 0 Å². The average Bonchev–Trinajstić information content (AvgIpc) is 2.73. The molecule has 0 aliphatic carbocycles. The van der Waals surface area contributed by atoms with Gasteiger partial charge in [-0.05, 0) is 16.8 Å². The van der Waals surface area contributed by atoms with Crippen LogP contribution in [0.1, 0.15) is 0 Å². The minimum absolute atomic E-state index is 0.695. The summed E-state index contributed by atoms with van der Waals surface area (Å²) in [7, 11) is 0. The maximum absolute atomic E-state index is 6.10. The fourth-order valence-corrected chi connectivity index (χ4v) is 3.92. The third-order valence-corrected chi connectivity index (χ3v) is 4.89. The van der Waals surface area contributed by atoms with Crippen LogP contribution in [0.15, 0.2) is 23.6 Å². The minimum Gasteiger partial charge on any atom is -0.389 e. The lowest BCUT2D eigenvalue weighted by atomic mass is 10.2. The Bertz CT molecular complexity index is 623. The van der Waals surface area contributed by atoms with Crippen molar-refractivity contribution in [2.75, 3.05) is 5.73 Å². The van der Waals surface area contributed by atoms with Gasteiger partial charge in [0, 0.05) is 5.39 Å². The zero-order chi connectivity index (χ0) is 9.71. The van der Waals surface area contributed by atoms with Crippen molar-refractivity contribution >= 4 is 59.4 Å². The highest BCUT2D eigenvalue weighted by Gasteiger charge is 2.10. The van der Waals surface area contributed by atoms with Gasteiger partial charge in [0.05, 0.1) is 14.4 Å². The molecular weight excluding hydrogens is 234 g/mol. The zero-order valence-electron chi connectivity index (χ0n) is 7.08. The predicted molar refractivity (Wildman–Crippen MR) is 66.6 cm³/mol. The summed E-state index contributed by atoms with van der Waals surface area (Å²) in [6.45, 7) is 0. The van der Waals surface area contributed by atoms with Crippen molar-refractivity contribution in [3.05, 3.63) is 28.6 Å². The normalized spacial score (nSPS) is 11.5. The second-order valence-corrected chi connectivity index (χ2v) is 5.41. The molecule has 0 aliphatic rings. The first kappa shape index (κ1) is 8.53. The molecule has 0 saturated carbocycles. The maximum atomic E-state index is 6.10. The molecule has 3 rings (SSSR count). The number of benzene rings is 1. The Kier molecular flexibility index (Phi) is 1.74. The van der Waals surface area contributed by atoms with Gasteiger partial charge in [-0.25, -0.2) is 0 Å². The van der Waals surface area contributed by atoms with Crippen LogP contribution in [-0.4, -0.2) is 0 Å². The summed E-state index contributed by atoms with van der Waals surface area (Å²) in [5.41, 5.74) is 5.80. The SMILES string of the molecule is Nc1sc2c(ccc3ccsc32)c1Cl. The van der Waals surface area contributed by atoms with Gasteiger partial charge in [0.2, 0.25) is 0 Å². The Hall–Kier alpha value is -0.770. The molecule has 1 nitrogen and oxygen atoms in total. The Morgan fingerprint density at radius 1 is 1.14 bits per heavy atom. The van der Waals surface area contributed by atoms with Crippen molar-refractivity contribution in [2.24, 2.45) is 0 Å². The van der Waals surface area contributed by atoms with Crippen LogP contribution >= 0.6 is 34.3 Å². The van der Waals surface area contributed by atoms with E-state index in [1.807, 2.05) is 6.07 Å². The number of hydrogen-bond acceptors (Lipinski definition) is 3. The molecule has 1 aromatic carbocycles. The summed E-state index contributed by atoms with van der Waals surface area (Å²) in [4.78, 5) is 0. The molecule has 2 N–H and O–H groups in total. The average molecular weight is 240 g/mol. The molecule has 4 heteroatoms. The first-order chi connectivity index (χ1) is 6.77. The molecule has 0 aliphatic heterocycles. The molecule has 0 bridgehead atoms. The number of hydrogen-bond donors (Lipinski definition) is 1. The van der Waals surface area contributed by atoms with Crippen LogP contribution < -0.4 is 5.73 Å². The summed E-state index contributed by atoms with van der Waals surface area (Å²) in [5, 5.41) is 5.83. The van der Waals surface area contributed by atoms with Crippen molar-refractivity contribution in [3.63, 3.8) is 0 Å². The number of fused-ring (bicyclic) bond motifs is 3. The van der Waals surface area contributed by atoms with E-state index >= 15 is 0 Å². The van der Waals surface area contributed by atoms with Gasteiger partial charge >= 0.3 is 0 Å². The molecule has 2 heterocycles. The van der Waals surface area contributed by atoms with E-state index in [2.05, 4.69) is 17.5 Å². The van der Waals surface area contributed by atoms with Crippen LogP contribution in [0.2, 0.25) is 5.02 Å². The van der Waals surface area contributed by atoms with Gasteiger partial charge in [-0.2, -0.15) is 0 Å². The van der Waals surface area contributed by atoms with Crippen LogP contribution in [-0.2, 0) is 0 Å². The van der Waals surface area contributed by atoms with E-state index in [1.165, 1.54) is 14.8 Å². The van der Waals surface area contributed by atoms with E-state index in [0.717, 1.165) is 5.39 Å². The summed E-state index contributed by atoms with van der Waals surface area (Å²) in [6, 6.07) is 6.25. The smallest absolute Gasteiger partial charge is 0.106 e. The topological polar surface area (TPSA) is 26.0 Å². The summed E-state index contributed by atoms with van der Waals surface area (Å²) < 4.78 is 2.49. The molecule has 2 aromatic heterocycles. The number of nitrogens with two attached hydrogens (primary N) is 1. The predicted octanol–water partition coefficient (Wildman–Crippen LogP) is 4.35. The number of halogens is 1. The fourth-order valence-electron chi connectivity index (χ4n) is 1.57. The largest absolute Gasteiger partial charge is 0.389 e. The van der Waals surface area contributed by atoms with E-state index in [-0.39, 0.29) is 0 Å². The third-order valence-electron chi connectivity index (χ3n) is 2.24. The van der Waals surface area contributed by atoms with Gasteiger partial charge in [0.25, 0.3) is 0 Å². The van der Waals surface area contributed by atoms with Gasteiger partial charge in [0.1, 0.15) is 5.00 Å². The van der Waals surface area contributed by atoms with Crippen LogP contribution in [0.3, 0.4) is 0 Å². The van der Waals surface area contributed by atoms with Gasteiger partial charge in [-0.3, -0.25) is 0 Å². The van der Waals surface area contributed by atoms with E-state index in [4.69, 9.17) is 17.3 Å². The molecule has 0 amide bonds. The molecule has 0 spiro atoms. The second kappa shape index (κ2) is 2.86. The minimum atomic E-state index is 0.695. The van der Waals surface area contributed by atoms with Crippen molar-refractivity contribution in [2.45, 2.75) is 0 Å². The lowest BCUT2D eigenvalue weighted by Gasteiger charge is -1.91. The molecule has 70 valence electrons. The van der Waals surface area contributed by atoms with E-state index in [1.54, 1.807) is 22.7 Å². The lowest BCUT2D eigenvalue weighted by molar-refractivity contribution is 1.94. The van der Waals surface area contributed by atoms with E-state index in [0.29, 0.717) is 10.0 Å². The quantitative estimate of drug-likeness (QED) is 0.620. The molecule has 0 atom stereocenters. The van der Waals surface area contributed by atoms with E-state index < -0.39 is 0 Å². The van der Waals surface area contributed by atoms with Crippen LogP contribution in [0.25, 0.3) is 20.2 Å². The molecule has 14 heavy (non-hydrogen) atoms. The van der Waals surface area contributed by atoms with E-state index in [9.17, 15) is 0 Å². The molecule has 0 radical (unpaired) electrons.